The number of nitrogens with two attached hydrogens (primary N) is 1. The molecule has 0 aromatic rings. The number of hydrogen-bond donors (Lipinski definition) is 1. The van der Waals surface area contributed by atoms with Gasteiger partial charge in [-0.05, 0) is 33.6 Å². The largest absolute Gasteiger partial charge is 0.366 e. The van der Waals surface area contributed by atoms with Crippen molar-refractivity contribution in [2.45, 2.75) is 13.3 Å². The molecule has 0 heterocycles. The lowest BCUT2D eigenvalue weighted by molar-refractivity contribution is -0.113. The van der Waals surface area contributed by atoms with Gasteiger partial charge in [0.15, 0.2) is 0 Å². The van der Waals surface area contributed by atoms with Crippen LogP contribution >= 0.6 is 11.6 Å². The zero-order valence-electron chi connectivity index (χ0n) is 9.01. The van der Waals surface area contributed by atoms with Crippen LogP contribution in [0, 0.1) is 0 Å². The van der Waals surface area contributed by atoms with Crippen molar-refractivity contribution < 1.29 is 4.79 Å². The van der Waals surface area contributed by atoms with Gasteiger partial charge in [-0.3, -0.25) is 4.79 Å². The molecule has 0 fully saturated rings. The van der Waals surface area contributed by atoms with Crippen LogP contribution in [0.5, 0.6) is 0 Å². The van der Waals surface area contributed by atoms with Gasteiger partial charge in [-0.1, -0.05) is 13.5 Å². The van der Waals surface area contributed by atoms with Gasteiger partial charge in [0.2, 0.25) is 5.91 Å². The second-order valence-corrected chi connectivity index (χ2v) is 3.02. The minimum absolute atomic E-state index is 0.481. The number of carbonyl (C=O) groups is 1. The molecule has 0 spiro atoms. The Kier molecular flexibility index (Phi) is 24.6. The molecule has 4 heteroatoms. The number of primary amides is 1. The Labute approximate surface area is 86.5 Å². The van der Waals surface area contributed by atoms with E-state index in [9.17, 15) is 4.79 Å². The average molecular weight is 209 g/mol. The van der Waals surface area contributed by atoms with Gasteiger partial charge in [-0.2, -0.15) is 0 Å². The molecule has 0 saturated carbocycles. The maximum Gasteiger partial charge on any atom is 0.240 e. The summed E-state index contributed by atoms with van der Waals surface area (Å²) in [4.78, 5) is 11.5. The summed E-state index contributed by atoms with van der Waals surface area (Å²) in [5.41, 5.74) is 4.53. The predicted molar refractivity (Wildman–Crippen MR) is 60.0 cm³/mol. The van der Waals surface area contributed by atoms with Gasteiger partial charge in [0.25, 0.3) is 0 Å². The molecule has 0 aliphatic rings. The van der Waals surface area contributed by atoms with Crippen molar-refractivity contribution >= 4 is 17.5 Å². The van der Waals surface area contributed by atoms with Crippen LogP contribution in [0.15, 0.2) is 12.7 Å². The Bertz CT molecular complexity index is 111. The molecule has 0 atom stereocenters. The van der Waals surface area contributed by atoms with Crippen molar-refractivity contribution in [2.75, 3.05) is 27.0 Å². The molecule has 0 aromatic carbocycles. The van der Waals surface area contributed by atoms with Crippen LogP contribution in [0.2, 0.25) is 0 Å². The van der Waals surface area contributed by atoms with Crippen molar-refractivity contribution in [3.63, 3.8) is 0 Å². The summed E-state index contributed by atoms with van der Waals surface area (Å²) in [6.45, 7) is 5.13. The fourth-order valence-corrected chi connectivity index (χ4v) is 0. The van der Waals surface area contributed by atoms with Gasteiger partial charge >= 0.3 is 0 Å². The zero-order chi connectivity index (χ0) is 11.3. The lowest BCUT2D eigenvalue weighted by Gasteiger charge is -1.90. The van der Waals surface area contributed by atoms with E-state index < -0.39 is 5.91 Å². The topological polar surface area (TPSA) is 46.3 Å². The summed E-state index contributed by atoms with van der Waals surface area (Å²) in [5.74, 6) is 0.310. The monoisotopic (exact) mass is 208 g/mol. The van der Waals surface area contributed by atoms with Crippen LogP contribution in [-0.4, -0.2) is 37.8 Å². The Balaban J connectivity index is -0.000000117. The summed E-state index contributed by atoms with van der Waals surface area (Å²) in [5, 5.41) is 0. The highest BCUT2D eigenvalue weighted by molar-refractivity contribution is 6.17. The van der Waals surface area contributed by atoms with E-state index in [2.05, 4.69) is 12.3 Å². The number of rotatable bonds is 2. The van der Waals surface area contributed by atoms with E-state index in [0.717, 1.165) is 18.4 Å². The fraction of sp³-hybridized carbons (Fsp3) is 0.667. The Morgan fingerprint density at radius 2 is 1.69 bits per heavy atom. The molecule has 0 aliphatic carbocycles. The van der Waals surface area contributed by atoms with Crippen LogP contribution in [0.4, 0.5) is 0 Å². The third kappa shape index (κ3) is 169. The predicted octanol–water partition coefficient (Wildman–Crippen LogP) is 1.47. The zero-order valence-corrected chi connectivity index (χ0v) is 9.77. The van der Waals surface area contributed by atoms with Gasteiger partial charge in [0.1, 0.15) is 0 Å². The molecule has 0 bridgehead atoms. The maximum atomic E-state index is 9.47. The second kappa shape index (κ2) is 17.5. The average Bonchev–Trinajstić information content (AvgIpc) is 2.04. The number of hydrogen-bond acceptors (Lipinski definition) is 2. The molecule has 2 N–H and O–H groups in total. The molecule has 1 amide bonds. The minimum Gasteiger partial charge on any atom is -0.366 e. The van der Waals surface area contributed by atoms with Gasteiger partial charge in [0, 0.05) is 5.88 Å². The first kappa shape index (κ1) is 18.3. The van der Waals surface area contributed by atoms with E-state index in [-0.39, 0.29) is 0 Å². The highest BCUT2D eigenvalue weighted by Gasteiger charge is 1.69. The summed E-state index contributed by atoms with van der Waals surface area (Å²) in [7, 11) is 6.00. The number of carbonyl (C=O) groups excluding carboxylic acids is 1. The Hall–Kier alpha value is -0.540. The lowest BCUT2D eigenvalue weighted by atomic mass is 10.6. The normalized spacial score (nSPS) is 7.54. The van der Waals surface area contributed by atoms with Gasteiger partial charge < -0.3 is 10.6 Å². The molecule has 0 radical (unpaired) electrons. The van der Waals surface area contributed by atoms with Gasteiger partial charge in [0.05, 0.1) is 0 Å². The SMILES string of the molecule is C=CC(N)=O.CCCCl.CN(C)C. The molecule has 80 valence electrons. The van der Waals surface area contributed by atoms with E-state index in [4.69, 9.17) is 11.6 Å². The highest BCUT2D eigenvalue weighted by Crippen LogP contribution is 1.75. The van der Waals surface area contributed by atoms with Crippen molar-refractivity contribution in [3.8, 4) is 0 Å². The summed E-state index contributed by atoms with van der Waals surface area (Å²) >= 11 is 5.19. The Morgan fingerprint density at radius 3 is 1.69 bits per heavy atom. The molecule has 0 aromatic heterocycles. The number of nitrogens with zero attached hydrogens (tertiary/aromatic N) is 1. The number of alkyl halides is 1. The smallest absolute Gasteiger partial charge is 0.240 e. The number of amides is 1. The summed E-state index contributed by atoms with van der Waals surface area (Å²) < 4.78 is 0. The van der Waals surface area contributed by atoms with E-state index >= 15 is 0 Å². The van der Waals surface area contributed by atoms with Crippen LogP contribution in [0.1, 0.15) is 13.3 Å². The number of halogens is 1. The van der Waals surface area contributed by atoms with Crippen molar-refractivity contribution in [1.82, 2.24) is 4.90 Å². The summed E-state index contributed by atoms with van der Waals surface area (Å²) in [6, 6.07) is 0. The maximum absolute atomic E-state index is 9.47. The van der Waals surface area contributed by atoms with E-state index in [0.29, 0.717) is 0 Å². The van der Waals surface area contributed by atoms with E-state index in [1.165, 1.54) is 0 Å². The third-order valence-corrected chi connectivity index (χ3v) is 0.768. The van der Waals surface area contributed by atoms with E-state index in [1.807, 2.05) is 33.0 Å². The molecule has 0 unspecified atom stereocenters. The Morgan fingerprint density at radius 1 is 1.54 bits per heavy atom. The fourth-order valence-electron chi connectivity index (χ4n) is 0. The first-order valence-corrected chi connectivity index (χ1v) is 4.54. The first-order chi connectivity index (χ1) is 5.92. The van der Waals surface area contributed by atoms with Crippen LogP contribution < -0.4 is 5.73 Å². The van der Waals surface area contributed by atoms with Crippen LogP contribution in [-0.2, 0) is 4.79 Å². The highest BCUT2D eigenvalue weighted by atomic mass is 35.5. The minimum atomic E-state index is -0.481. The molecular weight excluding hydrogens is 188 g/mol. The van der Waals surface area contributed by atoms with Gasteiger partial charge in [-0.25, -0.2) is 0 Å². The standard InChI is InChI=1S/C3H7Cl.C3H5NO.C3H9N/c1-2-3-4;1-2-3(4)5;1-4(2)3/h2-3H2,1H3;2H,1H2,(H2,4,5);1-3H3. The van der Waals surface area contributed by atoms with Crippen molar-refractivity contribution in [2.24, 2.45) is 5.73 Å². The van der Waals surface area contributed by atoms with Crippen LogP contribution in [0.3, 0.4) is 0 Å². The molecule has 0 aliphatic heterocycles. The molecule has 0 rings (SSSR count). The van der Waals surface area contributed by atoms with Crippen molar-refractivity contribution in [1.29, 1.82) is 0 Å². The van der Waals surface area contributed by atoms with E-state index in [1.54, 1.807) is 0 Å². The van der Waals surface area contributed by atoms with Gasteiger partial charge in [-0.15, -0.1) is 11.6 Å². The third-order valence-electron chi connectivity index (χ3n) is 0.390. The quantitative estimate of drug-likeness (QED) is 0.552. The summed E-state index contributed by atoms with van der Waals surface area (Å²) in [6.07, 6.45) is 2.14. The first-order valence-electron chi connectivity index (χ1n) is 4.01. The second-order valence-electron chi connectivity index (χ2n) is 2.64. The lowest BCUT2D eigenvalue weighted by Crippen LogP contribution is -2.04. The van der Waals surface area contributed by atoms with Crippen molar-refractivity contribution in [3.05, 3.63) is 12.7 Å². The molecule has 0 saturated heterocycles. The molecular formula is C9H21ClN2O. The molecule has 13 heavy (non-hydrogen) atoms. The molecule has 3 nitrogen and oxygen atoms in total. The van der Waals surface area contributed by atoms with Crippen LogP contribution in [0.25, 0.3) is 0 Å².